The van der Waals surface area contributed by atoms with E-state index in [4.69, 9.17) is 5.73 Å². The Morgan fingerprint density at radius 2 is 2.00 bits per heavy atom. The van der Waals surface area contributed by atoms with Crippen molar-refractivity contribution in [3.63, 3.8) is 0 Å². The Hall–Kier alpha value is -1.79. The summed E-state index contributed by atoms with van der Waals surface area (Å²) in [4.78, 5) is 26.2. The number of nitrogens with zero attached hydrogens (tertiary/aromatic N) is 1. The number of likely N-dealkylation sites (tertiary alicyclic amines) is 1. The molecule has 1 aromatic carbocycles. The number of urea groups is 1. The molecule has 0 radical (unpaired) electrons. The average molecular weight is 341 g/mol. The molecule has 6 nitrogen and oxygen atoms in total. The molecule has 4 N–H and O–H groups in total. The van der Waals surface area contributed by atoms with E-state index in [-0.39, 0.29) is 30.4 Å². The Kier molecular flexibility index (Phi) is 7.85. The van der Waals surface area contributed by atoms with Gasteiger partial charge in [0.25, 0.3) is 0 Å². The number of rotatable bonds is 4. The van der Waals surface area contributed by atoms with E-state index in [0.29, 0.717) is 18.8 Å². The molecule has 7 heteroatoms. The lowest BCUT2D eigenvalue weighted by Gasteiger charge is -2.36. The van der Waals surface area contributed by atoms with Gasteiger partial charge in [0.05, 0.1) is 0 Å². The number of anilines is 1. The Morgan fingerprint density at radius 3 is 2.65 bits per heavy atom. The number of benzene rings is 1. The summed E-state index contributed by atoms with van der Waals surface area (Å²) in [6.45, 7) is 2.89. The lowest BCUT2D eigenvalue weighted by Crippen LogP contribution is -2.54. The van der Waals surface area contributed by atoms with Gasteiger partial charge in [0, 0.05) is 24.8 Å². The molecular formula is C16H25ClN4O2. The van der Waals surface area contributed by atoms with Crippen LogP contribution in [0, 0.1) is 0 Å². The number of halogens is 1. The van der Waals surface area contributed by atoms with Crippen molar-refractivity contribution in [2.24, 2.45) is 5.73 Å². The molecule has 0 spiro atoms. The second-order valence-electron chi connectivity index (χ2n) is 5.60. The molecule has 1 heterocycles. The summed E-state index contributed by atoms with van der Waals surface area (Å²) < 4.78 is 0. The molecular weight excluding hydrogens is 316 g/mol. The zero-order valence-electron chi connectivity index (χ0n) is 13.3. The van der Waals surface area contributed by atoms with Crippen molar-refractivity contribution in [2.75, 3.05) is 18.4 Å². The van der Waals surface area contributed by atoms with E-state index < -0.39 is 6.04 Å². The van der Waals surface area contributed by atoms with Crippen LogP contribution in [0.4, 0.5) is 10.5 Å². The van der Waals surface area contributed by atoms with Gasteiger partial charge in [-0.15, -0.1) is 12.4 Å². The Bertz CT molecular complexity index is 512. The zero-order valence-corrected chi connectivity index (χ0v) is 14.1. The van der Waals surface area contributed by atoms with E-state index in [0.717, 1.165) is 19.3 Å². The topological polar surface area (TPSA) is 87.5 Å². The number of nitrogens with two attached hydrogens (primary N) is 1. The first-order valence-corrected chi connectivity index (χ1v) is 7.75. The molecule has 0 aliphatic carbocycles. The molecule has 2 atom stereocenters. The molecule has 0 aromatic heterocycles. The van der Waals surface area contributed by atoms with Crippen LogP contribution < -0.4 is 16.4 Å². The van der Waals surface area contributed by atoms with Crippen LogP contribution in [0.5, 0.6) is 0 Å². The molecule has 1 aromatic rings. The fraction of sp³-hybridized carbons (Fsp3) is 0.500. The summed E-state index contributed by atoms with van der Waals surface area (Å²) in [6.07, 6.45) is 3.03. The van der Waals surface area contributed by atoms with Crippen molar-refractivity contribution in [3.8, 4) is 0 Å². The number of hydrogen-bond donors (Lipinski definition) is 3. The molecule has 1 aliphatic rings. The SMILES string of the molecule is CC(NC(=O)Nc1ccccc1)C(=O)N1CCCCC1CN.Cl. The van der Waals surface area contributed by atoms with Crippen LogP contribution >= 0.6 is 12.4 Å². The Balaban J connectivity index is 0.00000264. The van der Waals surface area contributed by atoms with Gasteiger partial charge in [-0.25, -0.2) is 4.79 Å². The highest BCUT2D eigenvalue weighted by molar-refractivity contribution is 5.93. The maximum Gasteiger partial charge on any atom is 0.319 e. The van der Waals surface area contributed by atoms with E-state index >= 15 is 0 Å². The molecule has 0 saturated carbocycles. The van der Waals surface area contributed by atoms with Gasteiger partial charge < -0.3 is 21.3 Å². The normalized spacial score (nSPS) is 18.5. The lowest BCUT2D eigenvalue weighted by molar-refractivity contribution is -0.136. The second kappa shape index (κ2) is 9.37. The molecule has 1 saturated heterocycles. The first-order valence-electron chi connectivity index (χ1n) is 7.75. The maximum atomic E-state index is 12.5. The number of nitrogens with one attached hydrogen (secondary N) is 2. The Labute approximate surface area is 143 Å². The van der Waals surface area contributed by atoms with Crippen LogP contribution in [0.15, 0.2) is 30.3 Å². The minimum absolute atomic E-state index is 0. The van der Waals surface area contributed by atoms with Gasteiger partial charge in [0.1, 0.15) is 6.04 Å². The summed E-state index contributed by atoms with van der Waals surface area (Å²) in [5, 5.41) is 5.40. The van der Waals surface area contributed by atoms with Crippen LogP contribution in [-0.2, 0) is 4.79 Å². The van der Waals surface area contributed by atoms with Crippen molar-refractivity contribution < 1.29 is 9.59 Å². The minimum atomic E-state index is -0.573. The molecule has 0 bridgehead atoms. The van der Waals surface area contributed by atoms with Crippen LogP contribution in [0.2, 0.25) is 0 Å². The first-order chi connectivity index (χ1) is 10.6. The summed E-state index contributed by atoms with van der Waals surface area (Å²) in [7, 11) is 0. The summed E-state index contributed by atoms with van der Waals surface area (Å²) in [6, 6.07) is 8.26. The average Bonchev–Trinajstić information content (AvgIpc) is 2.54. The third-order valence-electron chi connectivity index (χ3n) is 3.93. The third kappa shape index (κ3) is 5.41. The van der Waals surface area contributed by atoms with E-state index in [1.807, 2.05) is 18.2 Å². The van der Waals surface area contributed by atoms with E-state index in [9.17, 15) is 9.59 Å². The van der Waals surface area contributed by atoms with Gasteiger partial charge in [0.15, 0.2) is 0 Å². The van der Waals surface area contributed by atoms with Crippen molar-refractivity contribution in [1.82, 2.24) is 10.2 Å². The molecule has 2 unspecified atom stereocenters. The van der Waals surface area contributed by atoms with Crippen LogP contribution in [0.25, 0.3) is 0 Å². The fourth-order valence-electron chi connectivity index (χ4n) is 2.73. The van der Waals surface area contributed by atoms with Crippen molar-refractivity contribution in [1.29, 1.82) is 0 Å². The van der Waals surface area contributed by atoms with Gasteiger partial charge in [-0.2, -0.15) is 0 Å². The summed E-state index contributed by atoms with van der Waals surface area (Å²) in [5.74, 6) is -0.0710. The highest BCUT2D eigenvalue weighted by Gasteiger charge is 2.29. The number of amides is 3. The molecule has 3 amide bonds. The van der Waals surface area contributed by atoms with Gasteiger partial charge in [0.2, 0.25) is 5.91 Å². The maximum absolute atomic E-state index is 12.5. The fourth-order valence-corrected chi connectivity index (χ4v) is 2.73. The molecule has 128 valence electrons. The van der Waals surface area contributed by atoms with Crippen molar-refractivity contribution >= 4 is 30.0 Å². The predicted molar refractivity (Wildman–Crippen MR) is 93.7 cm³/mol. The van der Waals surface area contributed by atoms with E-state index in [1.165, 1.54) is 0 Å². The highest BCUT2D eigenvalue weighted by atomic mass is 35.5. The van der Waals surface area contributed by atoms with E-state index in [1.54, 1.807) is 24.0 Å². The Morgan fingerprint density at radius 1 is 1.30 bits per heavy atom. The van der Waals surface area contributed by atoms with Crippen molar-refractivity contribution in [2.45, 2.75) is 38.3 Å². The van der Waals surface area contributed by atoms with Crippen LogP contribution in [0.1, 0.15) is 26.2 Å². The largest absolute Gasteiger partial charge is 0.337 e. The quantitative estimate of drug-likeness (QED) is 0.783. The lowest BCUT2D eigenvalue weighted by atomic mass is 10.0. The van der Waals surface area contributed by atoms with Crippen LogP contribution in [0.3, 0.4) is 0 Å². The first kappa shape index (κ1) is 19.3. The van der Waals surface area contributed by atoms with Crippen LogP contribution in [-0.4, -0.2) is 42.0 Å². The minimum Gasteiger partial charge on any atom is -0.337 e. The van der Waals surface area contributed by atoms with E-state index in [2.05, 4.69) is 10.6 Å². The zero-order chi connectivity index (χ0) is 15.9. The third-order valence-corrected chi connectivity index (χ3v) is 3.93. The van der Waals surface area contributed by atoms with Gasteiger partial charge in [-0.1, -0.05) is 18.2 Å². The van der Waals surface area contributed by atoms with Gasteiger partial charge in [-0.05, 0) is 38.3 Å². The molecule has 23 heavy (non-hydrogen) atoms. The number of piperidine rings is 1. The van der Waals surface area contributed by atoms with Gasteiger partial charge in [-0.3, -0.25) is 4.79 Å². The van der Waals surface area contributed by atoms with Gasteiger partial charge >= 0.3 is 6.03 Å². The molecule has 1 fully saturated rings. The smallest absolute Gasteiger partial charge is 0.319 e. The predicted octanol–water partition coefficient (Wildman–Crippen LogP) is 1.96. The monoisotopic (exact) mass is 340 g/mol. The summed E-state index contributed by atoms with van der Waals surface area (Å²) in [5.41, 5.74) is 6.43. The number of carbonyl (C=O) groups excluding carboxylic acids is 2. The van der Waals surface area contributed by atoms with Crippen molar-refractivity contribution in [3.05, 3.63) is 30.3 Å². The number of carbonyl (C=O) groups is 2. The number of hydrogen-bond acceptors (Lipinski definition) is 3. The molecule has 1 aliphatic heterocycles. The molecule has 2 rings (SSSR count). The highest BCUT2D eigenvalue weighted by Crippen LogP contribution is 2.17. The second-order valence-corrected chi connectivity index (χ2v) is 5.60. The number of para-hydroxylation sites is 1. The standard InChI is InChI=1S/C16H24N4O2.ClH/c1-12(15(21)20-10-6-5-9-14(20)11-17)18-16(22)19-13-7-3-2-4-8-13;/h2-4,7-8,12,14H,5-6,9-11,17H2,1H3,(H2,18,19,22);1H. The summed E-state index contributed by atoms with van der Waals surface area (Å²) >= 11 is 0.